The highest BCUT2D eigenvalue weighted by atomic mass is 32.2. The summed E-state index contributed by atoms with van der Waals surface area (Å²) in [6, 6.07) is 5.17. The van der Waals surface area contributed by atoms with Gasteiger partial charge < -0.3 is 4.74 Å². The molecule has 2 heterocycles. The van der Waals surface area contributed by atoms with Gasteiger partial charge in [0.15, 0.2) is 0 Å². The Labute approximate surface area is 147 Å². The zero-order valence-electron chi connectivity index (χ0n) is 13.8. The van der Waals surface area contributed by atoms with Crippen LogP contribution >= 0.6 is 0 Å². The molecule has 1 aromatic carbocycles. The molecule has 2 aromatic heterocycles. The number of fused-ring (bicyclic) bond motifs is 1. The highest BCUT2D eigenvalue weighted by Crippen LogP contribution is 2.23. The van der Waals surface area contributed by atoms with Crippen molar-refractivity contribution in [1.29, 1.82) is 0 Å². The number of para-hydroxylation sites is 1. The summed E-state index contributed by atoms with van der Waals surface area (Å²) in [5.41, 5.74) is -0.164. The van der Waals surface area contributed by atoms with Crippen molar-refractivity contribution in [2.45, 2.75) is 19.0 Å². The third-order valence-electron chi connectivity index (χ3n) is 3.31. The maximum absolute atomic E-state index is 14.2. The minimum atomic E-state index is -4.36. The van der Waals surface area contributed by atoms with E-state index in [9.17, 15) is 17.6 Å². The quantitative estimate of drug-likeness (QED) is 0.669. The number of rotatable bonds is 5. The van der Waals surface area contributed by atoms with Gasteiger partial charge in [-0.1, -0.05) is 6.07 Å². The molecule has 0 saturated heterocycles. The van der Waals surface area contributed by atoms with Gasteiger partial charge in [-0.3, -0.25) is 4.72 Å². The number of carbonyl (C=O) groups is 1. The van der Waals surface area contributed by atoms with Gasteiger partial charge in [0.1, 0.15) is 5.82 Å². The van der Waals surface area contributed by atoms with Crippen molar-refractivity contribution in [3.05, 3.63) is 47.5 Å². The molecule has 26 heavy (non-hydrogen) atoms. The molecule has 3 rings (SSSR count). The highest BCUT2D eigenvalue weighted by molar-refractivity contribution is 7.92. The van der Waals surface area contributed by atoms with Gasteiger partial charge in [-0.05, 0) is 32.0 Å². The summed E-state index contributed by atoms with van der Waals surface area (Å²) in [5.74, 6) is -1.72. The summed E-state index contributed by atoms with van der Waals surface area (Å²) in [4.78, 5) is 19.8. The van der Waals surface area contributed by atoms with Gasteiger partial charge in [0.25, 0.3) is 21.0 Å². The second-order valence-electron chi connectivity index (χ2n) is 5.20. The maximum atomic E-state index is 14.2. The van der Waals surface area contributed by atoms with Crippen LogP contribution in [0.1, 0.15) is 23.0 Å². The van der Waals surface area contributed by atoms with E-state index in [4.69, 9.17) is 4.74 Å². The molecule has 0 aliphatic rings. The maximum Gasteiger partial charge on any atom is 0.340 e. The Morgan fingerprint density at radius 1 is 1.31 bits per heavy atom. The van der Waals surface area contributed by atoms with Crippen molar-refractivity contribution in [2.75, 3.05) is 11.3 Å². The summed E-state index contributed by atoms with van der Waals surface area (Å²) in [7, 11) is -4.36. The van der Waals surface area contributed by atoms with Gasteiger partial charge >= 0.3 is 5.97 Å². The molecule has 0 unspecified atom stereocenters. The van der Waals surface area contributed by atoms with Gasteiger partial charge in [-0.2, -0.15) is 13.4 Å². The van der Waals surface area contributed by atoms with Crippen LogP contribution in [-0.4, -0.2) is 40.6 Å². The Hall–Kier alpha value is -3.08. The largest absolute Gasteiger partial charge is 0.462 e. The van der Waals surface area contributed by atoms with E-state index in [0.717, 1.165) is 6.07 Å². The molecule has 11 heteroatoms. The van der Waals surface area contributed by atoms with Crippen LogP contribution in [0.4, 0.5) is 10.1 Å². The zero-order chi connectivity index (χ0) is 18.9. The normalized spacial score (nSPS) is 11.5. The van der Waals surface area contributed by atoms with E-state index in [2.05, 4.69) is 15.1 Å². The number of nitrogens with one attached hydrogen (secondary N) is 1. The zero-order valence-corrected chi connectivity index (χ0v) is 14.6. The van der Waals surface area contributed by atoms with Crippen LogP contribution in [0, 0.1) is 12.7 Å². The monoisotopic (exact) mass is 379 g/mol. The lowest BCUT2D eigenvalue weighted by Crippen LogP contribution is -2.19. The molecule has 0 fully saturated rings. The van der Waals surface area contributed by atoms with E-state index in [0.29, 0.717) is 5.69 Å². The number of sulfonamides is 1. The number of carbonyl (C=O) groups excluding carboxylic acids is 1. The summed E-state index contributed by atoms with van der Waals surface area (Å²) in [6.45, 7) is 3.35. The van der Waals surface area contributed by atoms with Gasteiger partial charge in [0, 0.05) is 11.9 Å². The Balaban J connectivity index is 2.02. The molecule has 0 saturated carbocycles. The minimum Gasteiger partial charge on any atom is -0.462 e. The predicted octanol–water partition coefficient (Wildman–Crippen LogP) is 1.55. The molecule has 0 atom stereocenters. The summed E-state index contributed by atoms with van der Waals surface area (Å²) >= 11 is 0. The molecule has 1 N–H and O–H groups in total. The highest BCUT2D eigenvalue weighted by Gasteiger charge is 2.26. The van der Waals surface area contributed by atoms with Gasteiger partial charge in [-0.25, -0.2) is 18.7 Å². The van der Waals surface area contributed by atoms with Gasteiger partial charge in [-0.15, -0.1) is 5.10 Å². The number of halogens is 1. The first-order valence-corrected chi connectivity index (χ1v) is 8.98. The van der Waals surface area contributed by atoms with E-state index < -0.39 is 32.7 Å². The molecular formula is C15H14FN5O4S. The molecule has 9 nitrogen and oxygen atoms in total. The number of ether oxygens (including phenoxy) is 1. The second-order valence-corrected chi connectivity index (χ2v) is 6.77. The van der Waals surface area contributed by atoms with Crippen molar-refractivity contribution >= 4 is 27.5 Å². The van der Waals surface area contributed by atoms with Crippen LogP contribution in [0.25, 0.3) is 5.78 Å². The second kappa shape index (κ2) is 6.67. The Kier molecular flexibility index (Phi) is 4.55. The van der Waals surface area contributed by atoms with Crippen molar-refractivity contribution in [1.82, 2.24) is 19.6 Å². The van der Waals surface area contributed by atoms with Gasteiger partial charge in [0.05, 0.1) is 17.9 Å². The summed E-state index contributed by atoms with van der Waals surface area (Å²) in [6.07, 6.45) is 1.50. The first kappa shape index (κ1) is 17.7. The van der Waals surface area contributed by atoms with Crippen LogP contribution in [0.2, 0.25) is 0 Å². The number of aryl methyl sites for hydroxylation is 1. The third kappa shape index (κ3) is 3.33. The van der Waals surface area contributed by atoms with E-state index in [1.165, 1.54) is 22.8 Å². The van der Waals surface area contributed by atoms with Crippen molar-refractivity contribution in [2.24, 2.45) is 0 Å². The SMILES string of the molecule is CCOC(=O)c1cccc(F)c1NS(=O)(=O)c1nc2nc(C)ccn2n1. The number of esters is 1. The number of hydrogen-bond acceptors (Lipinski definition) is 7. The van der Waals surface area contributed by atoms with Crippen molar-refractivity contribution in [3.63, 3.8) is 0 Å². The average Bonchev–Trinajstić information content (AvgIpc) is 3.01. The van der Waals surface area contributed by atoms with Gasteiger partial charge in [0.2, 0.25) is 0 Å². The molecule has 136 valence electrons. The Morgan fingerprint density at radius 2 is 2.08 bits per heavy atom. The number of hydrogen-bond donors (Lipinski definition) is 1. The Bertz CT molecular complexity index is 1100. The lowest BCUT2D eigenvalue weighted by Gasteiger charge is -2.11. The fraction of sp³-hybridized carbons (Fsp3) is 0.200. The first-order chi connectivity index (χ1) is 12.3. The topological polar surface area (TPSA) is 116 Å². The van der Waals surface area contributed by atoms with Crippen LogP contribution < -0.4 is 4.72 Å². The first-order valence-electron chi connectivity index (χ1n) is 7.50. The minimum absolute atomic E-state index is 0.0561. The van der Waals surface area contributed by atoms with E-state index in [1.54, 1.807) is 19.9 Å². The predicted molar refractivity (Wildman–Crippen MR) is 88.7 cm³/mol. The molecule has 0 spiro atoms. The molecule has 3 aromatic rings. The van der Waals surface area contributed by atoms with Crippen LogP contribution in [0.5, 0.6) is 0 Å². The lowest BCUT2D eigenvalue weighted by atomic mass is 10.2. The Morgan fingerprint density at radius 3 is 2.81 bits per heavy atom. The third-order valence-corrected chi connectivity index (χ3v) is 4.44. The number of benzene rings is 1. The van der Waals surface area contributed by atoms with Crippen LogP contribution in [0.3, 0.4) is 0 Å². The molecule has 0 amide bonds. The van der Waals surface area contributed by atoms with E-state index in [-0.39, 0.29) is 17.9 Å². The summed E-state index contributed by atoms with van der Waals surface area (Å²) < 4.78 is 47.3. The number of aromatic nitrogens is 4. The smallest absolute Gasteiger partial charge is 0.340 e. The molecule has 0 radical (unpaired) electrons. The standard InChI is InChI=1S/C15H14FN5O4S/c1-3-25-13(22)10-5-4-6-11(16)12(10)20-26(23,24)15-18-14-17-9(2)7-8-21(14)19-15/h4-8,20H,3H2,1-2H3. The van der Waals surface area contributed by atoms with Crippen LogP contribution in [0.15, 0.2) is 35.6 Å². The molecule has 0 aliphatic carbocycles. The van der Waals surface area contributed by atoms with Crippen molar-refractivity contribution < 1.29 is 22.3 Å². The van der Waals surface area contributed by atoms with Crippen LogP contribution in [-0.2, 0) is 14.8 Å². The molecule has 0 aliphatic heterocycles. The average molecular weight is 379 g/mol. The summed E-state index contributed by atoms with van der Waals surface area (Å²) in [5, 5.41) is 3.21. The fourth-order valence-corrected chi connectivity index (χ4v) is 3.11. The molecular weight excluding hydrogens is 365 g/mol. The number of anilines is 1. The van der Waals surface area contributed by atoms with E-state index in [1.807, 2.05) is 4.72 Å². The molecule has 0 bridgehead atoms. The van der Waals surface area contributed by atoms with Crippen molar-refractivity contribution in [3.8, 4) is 0 Å². The fourth-order valence-electron chi connectivity index (χ4n) is 2.15. The number of nitrogens with zero attached hydrogens (tertiary/aromatic N) is 4. The lowest BCUT2D eigenvalue weighted by molar-refractivity contribution is 0.0527. The van der Waals surface area contributed by atoms with E-state index >= 15 is 0 Å².